The SMILES string of the molecule is CCC(CC)(CN)NS(=O)(=O)c1ccc(C)c(Br)c1. The Bertz CT molecular complexity index is 531. The van der Waals surface area contributed by atoms with Crippen molar-refractivity contribution in [1.29, 1.82) is 0 Å². The zero-order chi connectivity index (χ0) is 14.7. The van der Waals surface area contributed by atoms with Gasteiger partial charge in [0.25, 0.3) is 0 Å². The lowest BCUT2D eigenvalue weighted by Crippen LogP contribution is -2.52. The highest BCUT2D eigenvalue weighted by molar-refractivity contribution is 9.10. The van der Waals surface area contributed by atoms with Crippen LogP contribution in [0.2, 0.25) is 0 Å². The lowest BCUT2D eigenvalue weighted by molar-refractivity contribution is 0.363. The smallest absolute Gasteiger partial charge is 0.241 e. The molecule has 0 bridgehead atoms. The van der Waals surface area contributed by atoms with Crippen molar-refractivity contribution in [1.82, 2.24) is 4.72 Å². The van der Waals surface area contributed by atoms with Crippen molar-refractivity contribution in [3.8, 4) is 0 Å². The van der Waals surface area contributed by atoms with Crippen LogP contribution < -0.4 is 10.5 Å². The van der Waals surface area contributed by atoms with E-state index in [1.54, 1.807) is 18.2 Å². The molecule has 0 aliphatic carbocycles. The molecule has 1 rings (SSSR count). The molecule has 0 aromatic heterocycles. The van der Waals surface area contributed by atoms with E-state index in [1.807, 2.05) is 20.8 Å². The van der Waals surface area contributed by atoms with Crippen LogP contribution in [0.15, 0.2) is 27.6 Å². The number of nitrogens with two attached hydrogens (primary N) is 1. The second kappa shape index (κ2) is 6.35. The number of hydrogen-bond acceptors (Lipinski definition) is 3. The van der Waals surface area contributed by atoms with E-state index in [4.69, 9.17) is 5.73 Å². The molecule has 0 fully saturated rings. The molecule has 0 radical (unpaired) electrons. The van der Waals surface area contributed by atoms with Crippen molar-refractivity contribution in [3.05, 3.63) is 28.2 Å². The van der Waals surface area contributed by atoms with Crippen LogP contribution in [-0.2, 0) is 10.0 Å². The van der Waals surface area contributed by atoms with Crippen molar-refractivity contribution in [2.45, 2.75) is 44.0 Å². The van der Waals surface area contributed by atoms with E-state index < -0.39 is 15.6 Å². The molecule has 1 aromatic rings. The van der Waals surface area contributed by atoms with Crippen LogP contribution in [0.4, 0.5) is 0 Å². The van der Waals surface area contributed by atoms with Gasteiger partial charge in [-0.25, -0.2) is 13.1 Å². The summed E-state index contributed by atoms with van der Waals surface area (Å²) in [5.41, 5.74) is 6.15. The minimum absolute atomic E-state index is 0.254. The predicted octanol–water partition coefficient (Wildman–Crippen LogP) is 2.55. The normalized spacial score (nSPS) is 12.7. The van der Waals surface area contributed by atoms with Crippen molar-refractivity contribution in [3.63, 3.8) is 0 Å². The van der Waals surface area contributed by atoms with Gasteiger partial charge in [0, 0.05) is 16.6 Å². The Labute approximate surface area is 124 Å². The molecule has 0 spiro atoms. The van der Waals surface area contributed by atoms with Gasteiger partial charge in [-0.2, -0.15) is 0 Å². The Morgan fingerprint density at radius 1 is 1.32 bits per heavy atom. The molecule has 0 atom stereocenters. The van der Waals surface area contributed by atoms with Crippen LogP contribution in [-0.4, -0.2) is 20.5 Å². The average molecular weight is 349 g/mol. The molecular weight excluding hydrogens is 328 g/mol. The molecule has 1 aromatic carbocycles. The number of aryl methyl sites for hydroxylation is 1. The van der Waals surface area contributed by atoms with E-state index in [0.717, 1.165) is 10.0 Å². The Morgan fingerprint density at radius 2 is 1.89 bits per heavy atom. The molecule has 4 nitrogen and oxygen atoms in total. The van der Waals surface area contributed by atoms with Crippen LogP contribution in [0, 0.1) is 6.92 Å². The molecule has 19 heavy (non-hydrogen) atoms. The molecule has 6 heteroatoms. The fourth-order valence-electron chi connectivity index (χ4n) is 1.81. The van der Waals surface area contributed by atoms with Crippen LogP contribution >= 0.6 is 15.9 Å². The highest BCUT2D eigenvalue weighted by Crippen LogP contribution is 2.23. The molecule has 0 aliphatic heterocycles. The van der Waals surface area contributed by atoms with Crippen LogP contribution in [0.1, 0.15) is 32.3 Å². The molecule has 0 saturated heterocycles. The molecule has 3 N–H and O–H groups in total. The van der Waals surface area contributed by atoms with E-state index >= 15 is 0 Å². The maximum absolute atomic E-state index is 12.4. The van der Waals surface area contributed by atoms with Crippen LogP contribution in [0.5, 0.6) is 0 Å². The number of nitrogens with one attached hydrogen (secondary N) is 1. The van der Waals surface area contributed by atoms with Gasteiger partial charge in [-0.05, 0) is 37.5 Å². The number of benzene rings is 1. The molecular formula is C13H21BrN2O2S. The van der Waals surface area contributed by atoms with Gasteiger partial charge >= 0.3 is 0 Å². The van der Waals surface area contributed by atoms with E-state index in [2.05, 4.69) is 20.7 Å². The van der Waals surface area contributed by atoms with Gasteiger partial charge in [-0.15, -0.1) is 0 Å². The predicted molar refractivity (Wildman–Crippen MR) is 81.6 cm³/mol. The van der Waals surface area contributed by atoms with Crippen LogP contribution in [0.3, 0.4) is 0 Å². The first-order valence-corrected chi connectivity index (χ1v) is 8.58. The van der Waals surface area contributed by atoms with Gasteiger partial charge in [-0.3, -0.25) is 0 Å². The van der Waals surface area contributed by atoms with Gasteiger partial charge in [0.05, 0.1) is 4.90 Å². The van der Waals surface area contributed by atoms with E-state index in [9.17, 15) is 8.42 Å². The molecule has 108 valence electrons. The third-order valence-electron chi connectivity index (χ3n) is 3.55. The quantitative estimate of drug-likeness (QED) is 0.829. The summed E-state index contributed by atoms with van der Waals surface area (Å²) in [7, 11) is -3.55. The minimum Gasteiger partial charge on any atom is -0.329 e. The summed E-state index contributed by atoms with van der Waals surface area (Å²) in [6.45, 7) is 6.07. The van der Waals surface area contributed by atoms with Crippen molar-refractivity contribution < 1.29 is 8.42 Å². The summed E-state index contributed by atoms with van der Waals surface area (Å²) >= 11 is 3.35. The minimum atomic E-state index is -3.55. The van der Waals surface area contributed by atoms with E-state index in [-0.39, 0.29) is 11.4 Å². The average Bonchev–Trinajstić information content (AvgIpc) is 2.39. The second-order valence-electron chi connectivity index (χ2n) is 4.71. The summed E-state index contributed by atoms with van der Waals surface area (Å²) < 4.78 is 28.3. The summed E-state index contributed by atoms with van der Waals surface area (Å²) in [4.78, 5) is 0.254. The van der Waals surface area contributed by atoms with Gasteiger partial charge in [0.15, 0.2) is 0 Å². The Kier molecular flexibility index (Phi) is 5.55. The first-order valence-electron chi connectivity index (χ1n) is 6.30. The van der Waals surface area contributed by atoms with Gasteiger partial charge in [0.1, 0.15) is 0 Å². The van der Waals surface area contributed by atoms with Crippen molar-refractivity contribution in [2.75, 3.05) is 6.54 Å². The lowest BCUT2D eigenvalue weighted by atomic mass is 9.95. The Morgan fingerprint density at radius 3 is 2.32 bits per heavy atom. The third-order valence-corrected chi connectivity index (χ3v) is 5.98. The summed E-state index contributed by atoms with van der Waals surface area (Å²) in [5, 5.41) is 0. The first kappa shape index (κ1) is 16.6. The molecule has 0 saturated carbocycles. The maximum Gasteiger partial charge on any atom is 0.241 e. The zero-order valence-electron chi connectivity index (χ0n) is 11.5. The van der Waals surface area contributed by atoms with E-state index in [1.165, 1.54) is 0 Å². The Hall–Kier alpha value is -0.430. The van der Waals surface area contributed by atoms with Crippen LogP contribution in [0.25, 0.3) is 0 Å². The van der Waals surface area contributed by atoms with Crippen molar-refractivity contribution in [2.24, 2.45) is 5.73 Å². The number of hydrogen-bond donors (Lipinski definition) is 2. The highest BCUT2D eigenvalue weighted by atomic mass is 79.9. The third kappa shape index (κ3) is 3.78. The number of sulfonamides is 1. The Balaban J connectivity index is 3.14. The number of rotatable bonds is 6. The molecule has 0 unspecified atom stereocenters. The first-order chi connectivity index (χ1) is 8.80. The van der Waals surface area contributed by atoms with Gasteiger partial charge < -0.3 is 5.73 Å². The second-order valence-corrected chi connectivity index (χ2v) is 7.24. The largest absolute Gasteiger partial charge is 0.329 e. The monoisotopic (exact) mass is 348 g/mol. The number of halogens is 1. The van der Waals surface area contributed by atoms with E-state index in [0.29, 0.717) is 12.8 Å². The topological polar surface area (TPSA) is 72.2 Å². The summed E-state index contributed by atoms with van der Waals surface area (Å²) in [6, 6.07) is 5.00. The van der Waals surface area contributed by atoms with Gasteiger partial charge in [0.2, 0.25) is 10.0 Å². The highest BCUT2D eigenvalue weighted by Gasteiger charge is 2.30. The maximum atomic E-state index is 12.4. The molecule has 0 heterocycles. The molecule has 0 amide bonds. The zero-order valence-corrected chi connectivity index (χ0v) is 13.9. The molecule has 0 aliphatic rings. The lowest BCUT2D eigenvalue weighted by Gasteiger charge is -2.31. The summed E-state index contributed by atoms with van der Waals surface area (Å²) in [6.07, 6.45) is 1.32. The van der Waals surface area contributed by atoms with Crippen molar-refractivity contribution >= 4 is 26.0 Å². The standard InChI is InChI=1S/C13H21BrN2O2S/c1-4-13(5-2,9-15)16-19(17,18)11-7-6-10(3)12(14)8-11/h6-8,16H,4-5,9,15H2,1-3H3. The fraction of sp³-hybridized carbons (Fsp3) is 0.538. The summed E-state index contributed by atoms with van der Waals surface area (Å²) in [5.74, 6) is 0. The van der Waals surface area contributed by atoms with Gasteiger partial charge in [-0.1, -0.05) is 35.8 Å². The fourth-order valence-corrected chi connectivity index (χ4v) is 3.92.